The highest BCUT2D eigenvalue weighted by atomic mass is 16.5. The minimum absolute atomic E-state index is 0.0372. The van der Waals surface area contributed by atoms with Gasteiger partial charge in [0.2, 0.25) is 17.6 Å². The van der Waals surface area contributed by atoms with Crippen LogP contribution in [0.15, 0.2) is 47.0 Å². The Balaban J connectivity index is 1.34. The van der Waals surface area contributed by atoms with Crippen LogP contribution in [0.5, 0.6) is 5.75 Å². The van der Waals surface area contributed by atoms with Crippen LogP contribution >= 0.6 is 0 Å². The topological polar surface area (TPSA) is 77.2 Å². The third-order valence-corrected chi connectivity index (χ3v) is 5.13. The number of fused-ring (bicyclic) bond motifs is 1. The van der Waals surface area contributed by atoms with Gasteiger partial charge in [0.15, 0.2) is 0 Å². The van der Waals surface area contributed by atoms with E-state index in [0.29, 0.717) is 31.2 Å². The fraction of sp³-hybridized carbons (Fsp3) is 0.348. The lowest BCUT2D eigenvalue weighted by Crippen LogP contribution is -2.15. The van der Waals surface area contributed by atoms with Crippen molar-refractivity contribution in [1.29, 1.82) is 0 Å². The number of hydrogen-bond donors (Lipinski definition) is 1. The molecule has 1 aliphatic carbocycles. The first-order chi connectivity index (χ1) is 14.2. The van der Waals surface area contributed by atoms with Crippen molar-refractivity contribution in [3.05, 3.63) is 59.5 Å². The van der Waals surface area contributed by atoms with Gasteiger partial charge in [0, 0.05) is 24.1 Å². The molecule has 1 N–H and O–H groups in total. The van der Waals surface area contributed by atoms with Crippen molar-refractivity contribution in [2.75, 3.05) is 11.9 Å². The molecule has 0 atom stereocenters. The Bertz CT molecular complexity index is 979. The SMILES string of the molecule is CCOc1ccc(-c2noc(CCC(=O)Nc3cccc4c3CCCC4)n2)cc1. The van der Waals surface area contributed by atoms with Gasteiger partial charge >= 0.3 is 0 Å². The molecule has 2 aromatic carbocycles. The van der Waals surface area contributed by atoms with Crippen molar-refractivity contribution >= 4 is 11.6 Å². The maximum Gasteiger partial charge on any atom is 0.227 e. The van der Waals surface area contributed by atoms with E-state index in [1.807, 2.05) is 43.3 Å². The second kappa shape index (κ2) is 8.90. The first-order valence-corrected chi connectivity index (χ1v) is 10.2. The normalized spacial score (nSPS) is 13.0. The van der Waals surface area contributed by atoms with E-state index in [-0.39, 0.29) is 5.91 Å². The number of nitrogens with zero attached hydrogens (tertiary/aromatic N) is 2. The summed E-state index contributed by atoms with van der Waals surface area (Å²) in [4.78, 5) is 16.8. The Morgan fingerprint density at radius 1 is 1.14 bits per heavy atom. The summed E-state index contributed by atoms with van der Waals surface area (Å²) in [6.07, 6.45) is 5.23. The Hall–Kier alpha value is -3.15. The van der Waals surface area contributed by atoms with Crippen LogP contribution in [0.3, 0.4) is 0 Å². The Labute approximate surface area is 170 Å². The molecule has 1 amide bonds. The van der Waals surface area contributed by atoms with Crippen LogP contribution in [0.4, 0.5) is 5.69 Å². The molecule has 0 bridgehead atoms. The zero-order chi connectivity index (χ0) is 20.1. The van der Waals surface area contributed by atoms with Crippen LogP contribution in [0.25, 0.3) is 11.4 Å². The minimum atomic E-state index is -0.0372. The summed E-state index contributed by atoms with van der Waals surface area (Å²) in [5.41, 5.74) is 4.42. The number of nitrogens with one attached hydrogen (secondary N) is 1. The van der Waals surface area contributed by atoms with Crippen molar-refractivity contribution in [2.45, 2.75) is 45.4 Å². The molecule has 4 rings (SSSR count). The third kappa shape index (κ3) is 4.65. The van der Waals surface area contributed by atoms with Crippen LogP contribution in [0.2, 0.25) is 0 Å². The second-order valence-electron chi connectivity index (χ2n) is 7.17. The first kappa shape index (κ1) is 19.2. The average Bonchev–Trinajstić information content (AvgIpc) is 3.22. The standard InChI is InChI=1S/C23H25N3O3/c1-2-28-18-12-10-17(11-13-18)23-25-22(29-26-23)15-14-21(27)24-20-9-5-7-16-6-3-4-8-19(16)20/h5,7,9-13H,2-4,6,8,14-15H2,1H3,(H,24,27). The lowest BCUT2D eigenvalue weighted by atomic mass is 9.90. The number of anilines is 1. The number of aromatic nitrogens is 2. The second-order valence-corrected chi connectivity index (χ2v) is 7.17. The van der Waals surface area contributed by atoms with Crippen LogP contribution in [-0.2, 0) is 24.1 Å². The van der Waals surface area contributed by atoms with Crippen molar-refractivity contribution in [3.63, 3.8) is 0 Å². The largest absolute Gasteiger partial charge is 0.494 e. The van der Waals surface area contributed by atoms with E-state index in [1.165, 1.54) is 24.0 Å². The van der Waals surface area contributed by atoms with E-state index < -0.39 is 0 Å². The molecule has 1 heterocycles. The van der Waals surface area contributed by atoms with E-state index in [0.717, 1.165) is 29.8 Å². The Morgan fingerprint density at radius 2 is 1.97 bits per heavy atom. The summed E-state index contributed by atoms with van der Waals surface area (Å²) >= 11 is 0. The third-order valence-electron chi connectivity index (χ3n) is 5.13. The van der Waals surface area contributed by atoms with Crippen molar-refractivity contribution < 1.29 is 14.1 Å². The van der Waals surface area contributed by atoms with E-state index >= 15 is 0 Å². The molecule has 1 aromatic heterocycles. The molecule has 0 aliphatic heterocycles. The fourth-order valence-corrected chi connectivity index (χ4v) is 3.67. The molecule has 6 heteroatoms. The number of aryl methyl sites for hydroxylation is 2. The number of ether oxygens (including phenoxy) is 1. The van der Waals surface area contributed by atoms with Gasteiger partial charge in [-0.3, -0.25) is 4.79 Å². The molecule has 6 nitrogen and oxygen atoms in total. The summed E-state index contributed by atoms with van der Waals surface area (Å²) in [5.74, 6) is 1.74. The van der Waals surface area contributed by atoms with E-state index in [9.17, 15) is 4.79 Å². The minimum Gasteiger partial charge on any atom is -0.494 e. The smallest absolute Gasteiger partial charge is 0.227 e. The number of carbonyl (C=O) groups is 1. The summed E-state index contributed by atoms with van der Waals surface area (Å²) < 4.78 is 10.8. The predicted molar refractivity (Wildman–Crippen MR) is 111 cm³/mol. The van der Waals surface area contributed by atoms with Gasteiger partial charge in [0.1, 0.15) is 5.75 Å². The van der Waals surface area contributed by atoms with Gasteiger partial charge in [-0.2, -0.15) is 4.98 Å². The number of hydrogen-bond acceptors (Lipinski definition) is 5. The first-order valence-electron chi connectivity index (χ1n) is 10.2. The van der Waals surface area contributed by atoms with E-state index in [4.69, 9.17) is 9.26 Å². The molecule has 29 heavy (non-hydrogen) atoms. The Kier molecular flexibility index (Phi) is 5.89. The summed E-state index contributed by atoms with van der Waals surface area (Å²) in [6, 6.07) is 13.7. The van der Waals surface area contributed by atoms with E-state index in [2.05, 4.69) is 21.5 Å². The molecular weight excluding hydrogens is 366 g/mol. The molecule has 0 fully saturated rings. The van der Waals surface area contributed by atoms with Crippen molar-refractivity contribution in [1.82, 2.24) is 10.1 Å². The molecule has 150 valence electrons. The number of rotatable bonds is 7. The van der Waals surface area contributed by atoms with Gasteiger partial charge in [0.25, 0.3) is 0 Å². The predicted octanol–water partition coefficient (Wildman–Crippen LogP) is 4.59. The number of amides is 1. The number of carbonyl (C=O) groups excluding carboxylic acids is 1. The maximum atomic E-state index is 12.4. The van der Waals surface area contributed by atoms with Gasteiger partial charge in [-0.15, -0.1) is 0 Å². The molecule has 1 aliphatic rings. The van der Waals surface area contributed by atoms with Crippen molar-refractivity contribution in [2.24, 2.45) is 0 Å². The molecule has 0 saturated heterocycles. The average molecular weight is 391 g/mol. The van der Waals surface area contributed by atoms with Crippen LogP contribution < -0.4 is 10.1 Å². The highest BCUT2D eigenvalue weighted by Crippen LogP contribution is 2.28. The summed E-state index contributed by atoms with van der Waals surface area (Å²) in [7, 11) is 0. The molecule has 0 radical (unpaired) electrons. The number of benzene rings is 2. The maximum absolute atomic E-state index is 12.4. The molecule has 0 unspecified atom stereocenters. The molecule has 0 spiro atoms. The van der Waals surface area contributed by atoms with Crippen LogP contribution in [0.1, 0.15) is 43.2 Å². The van der Waals surface area contributed by atoms with Gasteiger partial charge in [0.05, 0.1) is 6.61 Å². The lowest BCUT2D eigenvalue weighted by molar-refractivity contribution is -0.116. The van der Waals surface area contributed by atoms with Crippen molar-refractivity contribution in [3.8, 4) is 17.1 Å². The fourth-order valence-electron chi connectivity index (χ4n) is 3.67. The zero-order valence-corrected chi connectivity index (χ0v) is 16.6. The summed E-state index contributed by atoms with van der Waals surface area (Å²) in [6.45, 7) is 2.57. The highest BCUT2D eigenvalue weighted by molar-refractivity contribution is 5.91. The summed E-state index contributed by atoms with van der Waals surface area (Å²) in [5, 5.41) is 7.08. The van der Waals surface area contributed by atoms with Crippen LogP contribution in [-0.4, -0.2) is 22.7 Å². The van der Waals surface area contributed by atoms with Gasteiger partial charge in [-0.1, -0.05) is 17.3 Å². The highest BCUT2D eigenvalue weighted by Gasteiger charge is 2.15. The Morgan fingerprint density at radius 3 is 2.79 bits per heavy atom. The monoisotopic (exact) mass is 391 g/mol. The van der Waals surface area contributed by atoms with E-state index in [1.54, 1.807) is 0 Å². The zero-order valence-electron chi connectivity index (χ0n) is 16.6. The van der Waals surface area contributed by atoms with Gasteiger partial charge in [-0.25, -0.2) is 0 Å². The molecule has 0 saturated carbocycles. The quantitative estimate of drug-likeness (QED) is 0.638. The van der Waals surface area contributed by atoms with Gasteiger partial charge in [-0.05, 0) is 74.1 Å². The lowest BCUT2D eigenvalue weighted by Gasteiger charge is -2.19. The van der Waals surface area contributed by atoms with Crippen LogP contribution in [0, 0.1) is 0 Å². The molecular formula is C23H25N3O3. The molecule has 3 aromatic rings. The van der Waals surface area contributed by atoms with Gasteiger partial charge < -0.3 is 14.6 Å².